The molecule has 4 rings (SSSR count). The summed E-state index contributed by atoms with van der Waals surface area (Å²) in [4.78, 5) is 10.2. The van der Waals surface area contributed by atoms with E-state index >= 15 is 0 Å². The van der Waals surface area contributed by atoms with Crippen LogP contribution >= 0.6 is 0 Å². The molecule has 0 spiro atoms. The smallest absolute Gasteiger partial charge is 0.172 e. The van der Waals surface area contributed by atoms with Crippen molar-refractivity contribution < 1.29 is 0 Å². The van der Waals surface area contributed by atoms with Crippen molar-refractivity contribution in [3.05, 3.63) is 144 Å². The summed E-state index contributed by atoms with van der Waals surface area (Å²) >= 11 is 0. The van der Waals surface area contributed by atoms with Crippen molar-refractivity contribution in [3.63, 3.8) is 0 Å². The summed E-state index contributed by atoms with van der Waals surface area (Å²) in [5.74, 6) is 0.326. The third-order valence-electron chi connectivity index (χ3n) is 7.52. The molecule has 0 aliphatic carbocycles. The monoisotopic (exact) mass is 550 g/mol. The van der Waals surface area contributed by atoms with Gasteiger partial charge in [-0.2, -0.15) is 0 Å². The van der Waals surface area contributed by atoms with Gasteiger partial charge in [0.25, 0.3) is 0 Å². The molecule has 2 nitrogen and oxygen atoms in total. The van der Waals surface area contributed by atoms with E-state index in [4.69, 9.17) is 9.98 Å². The lowest BCUT2D eigenvalue weighted by Gasteiger charge is -2.22. The predicted molar refractivity (Wildman–Crippen MR) is 185 cm³/mol. The molecular weight excluding hydrogens is 506 g/mol. The van der Waals surface area contributed by atoms with Gasteiger partial charge in [-0.05, 0) is 46.3 Å². The van der Waals surface area contributed by atoms with Crippen molar-refractivity contribution in [2.24, 2.45) is 9.98 Å². The van der Waals surface area contributed by atoms with Gasteiger partial charge in [0.05, 0.1) is 0 Å². The first-order valence-electron chi connectivity index (χ1n) is 15.8. The van der Waals surface area contributed by atoms with Crippen LogP contribution in [0.2, 0.25) is 12.6 Å². The fourth-order valence-corrected chi connectivity index (χ4v) is 5.47. The topological polar surface area (TPSA) is 24.7 Å². The molecule has 0 amide bonds. The fourth-order valence-electron chi connectivity index (χ4n) is 5.47. The van der Waals surface area contributed by atoms with Gasteiger partial charge in [-0.25, -0.2) is 0 Å². The predicted octanol–water partition coefficient (Wildman–Crippen LogP) is 9.29. The van der Waals surface area contributed by atoms with Crippen LogP contribution in [0.3, 0.4) is 0 Å². The van der Waals surface area contributed by atoms with Crippen molar-refractivity contribution in [1.29, 1.82) is 0 Å². The quantitative estimate of drug-likeness (QED) is 0.0711. The molecule has 0 fully saturated rings. The molecular formula is C38H44B2N2. The number of hydrogen-bond acceptors (Lipinski definition) is 2. The van der Waals surface area contributed by atoms with Gasteiger partial charge in [-0.1, -0.05) is 161 Å². The molecule has 0 aromatic heterocycles. The number of aliphatic imine (C=N–C) groups is 2. The highest BCUT2D eigenvalue weighted by molar-refractivity contribution is 6.77. The van der Waals surface area contributed by atoms with Crippen LogP contribution in [0, 0.1) is 0 Å². The van der Waals surface area contributed by atoms with E-state index in [-0.39, 0.29) is 11.8 Å². The maximum absolute atomic E-state index is 5.10. The molecule has 4 heteroatoms. The average molecular weight is 550 g/mol. The molecule has 42 heavy (non-hydrogen) atoms. The van der Waals surface area contributed by atoms with Crippen LogP contribution in [0.1, 0.15) is 73.6 Å². The lowest BCUT2D eigenvalue weighted by atomic mass is 9.58. The zero-order chi connectivity index (χ0) is 29.2. The molecule has 4 aromatic carbocycles. The number of nitrogens with zero attached hydrogens (tertiary/aromatic N) is 2. The summed E-state index contributed by atoms with van der Waals surface area (Å²) < 4.78 is 0. The molecule has 4 aromatic rings. The molecule has 0 saturated carbocycles. The van der Waals surface area contributed by atoms with E-state index in [1.165, 1.54) is 33.5 Å². The average Bonchev–Trinajstić information content (AvgIpc) is 3.05. The van der Waals surface area contributed by atoms with Crippen LogP contribution < -0.4 is 0 Å². The lowest BCUT2D eigenvalue weighted by molar-refractivity contribution is 0.873. The molecule has 0 aliphatic heterocycles. The summed E-state index contributed by atoms with van der Waals surface area (Å²) in [7, 11) is 4.78. The summed E-state index contributed by atoms with van der Waals surface area (Å²) in [6.45, 7) is 6.11. The number of benzene rings is 4. The zero-order valence-electron chi connectivity index (χ0n) is 25.4. The third-order valence-corrected chi connectivity index (χ3v) is 7.52. The second kappa shape index (κ2) is 18.0. The second-order valence-corrected chi connectivity index (χ2v) is 10.8. The van der Waals surface area contributed by atoms with Gasteiger partial charge in [0.1, 0.15) is 0 Å². The SMILES string of the molecule is CCCN=C([B]CCCC[B]C(=NCCC)C(c1ccccc1)c1ccccc1)C(c1ccccc1)c1ccccc1. The standard InChI is InChI=1S/C38H44B2N2/c1-3-29-41-37(35(31-19-9-5-10-20-31)32-21-11-6-12-22-32)39-27-17-18-28-40-38(42-30-4-2)36(33-23-13-7-14-24-33)34-25-15-8-16-26-34/h5-16,19-26,35-36H,3-4,17-18,27-30H2,1-2H3. The van der Waals surface area contributed by atoms with Crippen molar-refractivity contribution in [2.75, 3.05) is 13.1 Å². The number of rotatable bonds is 17. The molecule has 2 radical (unpaired) electrons. The highest BCUT2D eigenvalue weighted by Gasteiger charge is 2.22. The Balaban J connectivity index is 1.41. The van der Waals surface area contributed by atoms with Gasteiger partial charge in [-0.3, -0.25) is 0 Å². The zero-order valence-corrected chi connectivity index (χ0v) is 25.4. The fraction of sp³-hybridized carbons (Fsp3) is 0.316. The first kappa shape index (κ1) is 31.3. The molecule has 0 heterocycles. The van der Waals surface area contributed by atoms with E-state index in [0.29, 0.717) is 0 Å². The van der Waals surface area contributed by atoms with E-state index in [1.807, 2.05) is 0 Å². The Labute approximate surface area is 255 Å². The van der Waals surface area contributed by atoms with E-state index in [9.17, 15) is 0 Å². The third kappa shape index (κ3) is 9.44. The van der Waals surface area contributed by atoms with Crippen molar-refractivity contribution in [1.82, 2.24) is 0 Å². The van der Waals surface area contributed by atoms with Gasteiger partial charge in [-0.15, -0.1) is 0 Å². The minimum atomic E-state index is 0.163. The van der Waals surface area contributed by atoms with Crippen LogP contribution in [0.25, 0.3) is 0 Å². The summed E-state index contributed by atoms with van der Waals surface area (Å²) in [6.07, 6.45) is 6.39. The number of unbranched alkanes of at least 4 members (excludes halogenated alkanes) is 1. The van der Waals surface area contributed by atoms with Crippen molar-refractivity contribution in [2.45, 2.75) is 64.0 Å². The number of hydrogen-bond donors (Lipinski definition) is 0. The first-order chi connectivity index (χ1) is 20.8. The van der Waals surface area contributed by atoms with E-state index in [1.54, 1.807) is 0 Å². The summed E-state index contributed by atoms with van der Waals surface area (Å²) in [5.41, 5.74) is 7.58. The van der Waals surface area contributed by atoms with E-state index in [2.05, 4.69) is 150 Å². The Morgan fingerprint density at radius 1 is 0.476 bits per heavy atom. The summed E-state index contributed by atoms with van der Waals surface area (Å²) in [6, 6.07) is 43.3. The summed E-state index contributed by atoms with van der Waals surface area (Å²) in [5, 5.41) is 0. The van der Waals surface area contributed by atoms with Gasteiger partial charge in [0.15, 0.2) is 14.6 Å². The molecule has 0 atom stereocenters. The molecule has 0 N–H and O–H groups in total. The Hall–Kier alpha value is -3.65. The Bertz CT molecular complexity index is 1150. The van der Waals surface area contributed by atoms with Gasteiger partial charge >= 0.3 is 0 Å². The highest BCUT2D eigenvalue weighted by Crippen LogP contribution is 2.28. The van der Waals surface area contributed by atoms with Crippen molar-refractivity contribution >= 4 is 25.8 Å². The molecule has 212 valence electrons. The maximum Gasteiger partial charge on any atom is 0.172 e. The van der Waals surface area contributed by atoms with Gasteiger partial charge in [0.2, 0.25) is 0 Å². The largest absolute Gasteiger partial charge is 0.304 e. The van der Waals surface area contributed by atoms with Crippen LogP contribution in [0.15, 0.2) is 131 Å². The highest BCUT2D eigenvalue weighted by atomic mass is 14.7. The Morgan fingerprint density at radius 3 is 1.02 bits per heavy atom. The normalized spacial score (nSPS) is 12.1. The minimum Gasteiger partial charge on any atom is -0.304 e. The minimum absolute atomic E-state index is 0.163. The lowest BCUT2D eigenvalue weighted by Crippen LogP contribution is -2.22. The van der Waals surface area contributed by atoms with Crippen molar-refractivity contribution in [3.8, 4) is 0 Å². The van der Waals surface area contributed by atoms with E-state index in [0.717, 1.165) is 51.4 Å². The van der Waals surface area contributed by atoms with Crippen LogP contribution in [0.4, 0.5) is 0 Å². The van der Waals surface area contributed by atoms with Crippen LogP contribution in [-0.2, 0) is 0 Å². The second-order valence-electron chi connectivity index (χ2n) is 10.8. The Kier molecular flexibility index (Phi) is 13.4. The molecule has 0 bridgehead atoms. The van der Waals surface area contributed by atoms with E-state index < -0.39 is 0 Å². The first-order valence-corrected chi connectivity index (χ1v) is 15.8. The van der Waals surface area contributed by atoms with Crippen LogP contribution in [0.5, 0.6) is 0 Å². The molecule has 0 saturated heterocycles. The molecule has 0 aliphatic rings. The Morgan fingerprint density at radius 2 is 0.762 bits per heavy atom. The van der Waals surface area contributed by atoms with Crippen LogP contribution in [-0.4, -0.2) is 38.9 Å². The van der Waals surface area contributed by atoms with Gasteiger partial charge in [0, 0.05) is 24.9 Å². The molecule has 0 unspecified atom stereocenters. The van der Waals surface area contributed by atoms with Gasteiger partial charge < -0.3 is 9.98 Å². The maximum atomic E-state index is 5.10.